The molecule has 0 radical (unpaired) electrons. The fourth-order valence-corrected chi connectivity index (χ4v) is 4.11. The Hall–Kier alpha value is -3.09. The number of nitrogens with one attached hydrogen (secondary N) is 1. The Kier molecular flexibility index (Phi) is 5.38. The van der Waals surface area contributed by atoms with Crippen molar-refractivity contribution in [1.29, 1.82) is 0 Å². The second kappa shape index (κ2) is 8.11. The molecule has 0 amide bonds. The third kappa shape index (κ3) is 4.50. The van der Waals surface area contributed by atoms with Gasteiger partial charge in [-0.2, -0.15) is 4.98 Å². The fourth-order valence-electron chi connectivity index (χ4n) is 2.89. The van der Waals surface area contributed by atoms with Gasteiger partial charge in [-0.15, -0.1) is 0 Å². The lowest BCUT2D eigenvalue weighted by atomic mass is 10.1. The van der Waals surface area contributed by atoms with Gasteiger partial charge in [0.2, 0.25) is 5.89 Å². The molecule has 0 aliphatic heterocycles. The summed E-state index contributed by atoms with van der Waals surface area (Å²) in [5.41, 5.74) is 1.64. The Morgan fingerprint density at radius 3 is 2.28 bits per heavy atom. The van der Waals surface area contributed by atoms with Crippen molar-refractivity contribution in [2.75, 3.05) is 4.72 Å². The monoisotopic (exact) mass is 424 g/mol. The van der Waals surface area contributed by atoms with Crippen LogP contribution in [0.1, 0.15) is 11.5 Å². The molecule has 0 unspecified atom stereocenters. The van der Waals surface area contributed by atoms with Crippen LogP contribution >= 0.6 is 11.6 Å². The van der Waals surface area contributed by atoms with E-state index in [4.69, 9.17) is 16.0 Å². The van der Waals surface area contributed by atoms with E-state index in [-0.39, 0.29) is 10.7 Å². The quantitative estimate of drug-likeness (QED) is 0.450. The average Bonchev–Trinajstić information content (AvgIpc) is 3.11. The SMILES string of the molecule is O=S(=O)(Nc1nc(Cc2ccccc2)oc1-c1cccc(Cl)c1)c1ccccc1. The highest BCUT2D eigenvalue weighted by atomic mass is 35.5. The number of aromatic nitrogens is 1. The van der Waals surface area contributed by atoms with Crippen molar-refractivity contribution in [1.82, 2.24) is 4.98 Å². The van der Waals surface area contributed by atoms with Crippen LogP contribution in [0.4, 0.5) is 5.82 Å². The predicted octanol–water partition coefficient (Wildman–Crippen LogP) is 5.39. The van der Waals surface area contributed by atoms with Crippen LogP contribution in [-0.2, 0) is 16.4 Å². The van der Waals surface area contributed by atoms with Crippen LogP contribution in [0.5, 0.6) is 0 Å². The van der Waals surface area contributed by atoms with E-state index in [1.54, 1.807) is 42.5 Å². The van der Waals surface area contributed by atoms with Gasteiger partial charge in [-0.3, -0.25) is 4.72 Å². The molecule has 5 nitrogen and oxygen atoms in total. The van der Waals surface area contributed by atoms with Gasteiger partial charge in [-0.05, 0) is 29.8 Å². The molecule has 29 heavy (non-hydrogen) atoms. The number of anilines is 1. The molecule has 3 aromatic carbocycles. The largest absolute Gasteiger partial charge is 0.438 e. The predicted molar refractivity (Wildman–Crippen MR) is 113 cm³/mol. The first-order valence-corrected chi connectivity index (χ1v) is 10.7. The molecular weight excluding hydrogens is 408 g/mol. The number of nitrogens with zero attached hydrogens (tertiary/aromatic N) is 1. The topological polar surface area (TPSA) is 72.2 Å². The maximum absolute atomic E-state index is 12.8. The first-order chi connectivity index (χ1) is 14.0. The molecule has 0 saturated carbocycles. The number of rotatable bonds is 6. The zero-order valence-corrected chi connectivity index (χ0v) is 16.8. The van der Waals surface area contributed by atoms with Crippen LogP contribution in [0, 0.1) is 0 Å². The normalized spacial score (nSPS) is 11.3. The van der Waals surface area contributed by atoms with E-state index in [1.807, 2.05) is 30.3 Å². The van der Waals surface area contributed by atoms with E-state index >= 15 is 0 Å². The lowest BCUT2D eigenvalue weighted by Crippen LogP contribution is -2.13. The summed E-state index contributed by atoms with van der Waals surface area (Å²) in [5.74, 6) is 0.844. The number of benzene rings is 3. The van der Waals surface area contributed by atoms with E-state index in [0.29, 0.717) is 28.7 Å². The fraction of sp³-hybridized carbons (Fsp3) is 0.0455. The van der Waals surface area contributed by atoms with E-state index in [0.717, 1.165) is 5.56 Å². The van der Waals surface area contributed by atoms with Gasteiger partial charge in [0, 0.05) is 17.0 Å². The standard InChI is InChI=1S/C22H17ClN2O3S/c23-18-11-7-10-17(15-18)21-22(25-29(26,27)19-12-5-2-6-13-19)24-20(28-21)14-16-8-3-1-4-9-16/h1-13,15,25H,14H2. The van der Waals surface area contributed by atoms with Crippen molar-refractivity contribution >= 4 is 27.4 Å². The molecular formula is C22H17ClN2O3S. The van der Waals surface area contributed by atoms with Crippen molar-refractivity contribution in [2.45, 2.75) is 11.3 Å². The van der Waals surface area contributed by atoms with Gasteiger partial charge in [0.25, 0.3) is 10.0 Å². The molecule has 0 atom stereocenters. The molecule has 146 valence electrons. The summed E-state index contributed by atoms with van der Waals surface area (Å²) >= 11 is 6.11. The van der Waals surface area contributed by atoms with Gasteiger partial charge in [0.05, 0.1) is 4.90 Å². The van der Waals surface area contributed by atoms with Crippen LogP contribution < -0.4 is 4.72 Å². The molecule has 0 spiro atoms. The molecule has 0 saturated heterocycles. The first kappa shape index (κ1) is 19.2. The molecule has 4 aromatic rings. The number of sulfonamides is 1. The number of hydrogen-bond acceptors (Lipinski definition) is 4. The van der Waals surface area contributed by atoms with E-state index in [2.05, 4.69) is 9.71 Å². The zero-order chi connectivity index (χ0) is 20.3. The summed E-state index contributed by atoms with van der Waals surface area (Å²) in [6, 6.07) is 24.8. The van der Waals surface area contributed by atoms with Gasteiger partial charge in [0.15, 0.2) is 11.6 Å². The molecule has 0 bridgehead atoms. The third-order valence-corrected chi connectivity index (χ3v) is 5.83. The summed E-state index contributed by atoms with van der Waals surface area (Å²) in [6.07, 6.45) is 0.432. The highest BCUT2D eigenvalue weighted by Gasteiger charge is 2.22. The summed E-state index contributed by atoms with van der Waals surface area (Å²) in [7, 11) is -3.82. The molecule has 7 heteroatoms. The second-order valence-electron chi connectivity index (χ2n) is 6.38. The third-order valence-electron chi connectivity index (χ3n) is 4.24. The lowest BCUT2D eigenvalue weighted by Gasteiger charge is -2.07. The van der Waals surface area contributed by atoms with Crippen molar-refractivity contribution < 1.29 is 12.8 Å². The summed E-state index contributed by atoms with van der Waals surface area (Å²) in [4.78, 5) is 4.57. The van der Waals surface area contributed by atoms with Gasteiger partial charge >= 0.3 is 0 Å². The molecule has 0 aliphatic carbocycles. The average molecular weight is 425 g/mol. The maximum atomic E-state index is 12.8. The Morgan fingerprint density at radius 1 is 0.897 bits per heavy atom. The first-order valence-electron chi connectivity index (χ1n) is 8.89. The van der Waals surface area contributed by atoms with E-state index in [1.165, 1.54) is 12.1 Å². The summed E-state index contributed by atoms with van der Waals surface area (Å²) < 4.78 is 34.1. The Morgan fingerprint density at radius 2 is 1.59 bits per heavy atom. The highest BCUT2D eigenvalue weighted by Crippen LogP contribution is 2.32. The minimum atomic E-state index is -3.82. The van der Waals surface area contributed by atoms with Gasteiger partial charge < -0.3 is 4.42 Å². The van der Waals surface area contributed by atoms with Crippen molar-refractivity contribution in [3.05, 3.63) is 101 Å². The molecule has 0 aliphatic rings. The van der Waals surface area contributed by atoms with Crippen LogP contribution in [0.15, 0.2) is 94.2 Å². The molecule has 4 rings (SSSR count). The molecule has 1 heterocycles. The highest BCUT2D eigenvalue weighted by molar-refractivity contribution is 7.92. The Bertz CT molecular complexity index is 1220. The van der Waals surface area contributed by atoms with Crippen molar-refractivity contribution in [3.63, 3.8) is 0 Å². The number of oxazole rings is 1. The van der Waals surface area contributed by atoms with Crippen LogP contribution in [-0.4, -0.2) is 13.4 Å². The lowest BCUT2D eigenvalue weighted by molar-refractivity contribution is 0.519. The zero-order valence-electron chi connectivity index (χ0n) is 15.2. The van der Waals surface area contributed by atoms with E-state index < -0.39 is 10.0 Å². The Balaban J connectivity index is 1.75. The number of hydrogen-bond donors (Lipinski definition) is 1. The Labute approximate surface area is 174 Å². The minimum absolute atomic E-state index is 0.127. The van der Waals surface area contributed by atoms with Crippen LogP contribution in [0.25, 0.3) is 11.3 Å². The van der Waals surface area contributed by atoms with Crippen LogP contribution in [0.3, 0.4) is 0 Å². The summed E-state index contributed by atoms with van der Waals surface area (Å²) in [5, 5.41) is 0.514. The van der Waals surface area contributed by atoms with Crippen LogP contribution in [0.2, 0.25) is 5.02 Å². The minimum Gasteiger partial charge on any atom is -0.438 e. The molecule has 1 N–H and O–H groups in total. The van der Waals surface area contributed by atoms with Gasteiger partial charge in [-0.1, -0.05) is 72.3 Å². The number of halogens is 1. The second-order valence-corrected chi connectivity index (χ2v) is 8.50. The van der Waals surface area contributed by atoms with Gasteiger partial charge in [0.1, 0.15) is 0 Å². The smallest absolute Gasteiger partial charge is 0.263 e. The van der Waals surface area contributed by atoms with Crippen molar-refractivity contribution in [3.8, 4) is 11.3 Å². The summed E-state index contributed by atoms with van der Waals surface area (Å²) in [6.45, 7) is 0. The van der Waals surface area contributed by atoms with Crippen molar-refractivity contribution in [2.24, 2.45) is 0 Å². The molecule has 0 fully saturated rings. The maximum Gasteiger partial charge on any atom is 0.263 e. The molecule has 1 aromatic heterocycles. The van der Waals surface area contributed by atoms with E-state index in [9.17, 15) is 8.42 Å². The van der Waals surface area contributed by atoms with Gasteiger partial charge in [-0.25, -0.2) is 8.42 Å².